The Morgan fingerprint density at radius 2 is 1.91 bits per heavy atom. The zero-order valence-electron chi connectivity index (χ0n) is 18.9. The summed E-state index contributed by atoms with van der Waals surface area (Å²) in [5.74, 6) is -0.0133. The minimum absolute atomic E-state index is 0.0133. The molecule has 4 rings (SSSR count). The lowest BCUT2D eigenvalue weighted by atomic mass is 9.85. The van der Waals surface area contributed by atoms with Crippen LogP contribution in [0.2, 0.25) is 10.0 Å². The SMILES string of the molecule is O=C(CCC1CCCCN1S(=O)(=O)c1ccc(Cl)cc1Cl)N1CCC(O)(c2cccnc2)CC1. The van der Waals surface area contributed by atoms with Gasteiger partial charge in [0.05, 0.1) is 10.6 Å². The summed E-state index contributed by atoms with van der Waals surface area (Å²) < 4.78 is 28.2. The Kier molecular flexibility index (Phi) is 7.84. The third-order valence-corrected chi connectivity index (χ3v) is 9.56. The quantitative estimate of drug-likeness (QED) is 0.609. The number of pyridine rings is 1. The number of rotatable bonds is 6. The lowest BCUT2D eigenvalue weighted by molar-refractivity contribution is -0.136. The van der Waals surface area contributed by atoms with Gasteiger partial charge in [-0.3, -0.25) is 9.78 Å². The maximum Gasteiger partial charge on any atom is 0.244 e. The van der Waals surface area contributed by atoms with Crippen molar-refractivity contribution in [1.82, 2.24) is 14.2 Å². The van der Waals surface area contributed by atoms with Crippen molar-refractivity contribution in [3.63, 3.8) is 0 Å². The number of aromatic nitrogens is 1. The summed E-state index contributed by atoms with van der Waals surface area (Å²) in [7, 11) is -3.80. The number of amides is 1. The molecule has 1 aromatic carbocycles. The molecule has 0 saturated carbocycles. The van der Waals surface area contributed by atoms with Crippen LogP contribution in [0.3, 0.4) is 0 Å². The summed E-state index contributed by atoms with van der Waals surface area (Å²) >= 11 is 12.1. The Bertz CT molecular complexity index is 1120. The van der Waals surface area contributed by atoms with Gasteiger partial charge in [0.1, 0.15) is 4.90 Å². The number of piperidine rings is 2. The molecule has 34 heavy (non-hydrogen) atoms. The van der Waals surface area contributed by atoms with Gasteiger partial charge in [-0.2, -0.15) is 4.31 Å². The topological polar surface area (TPSA) is 90.8 Å². The molecule has 184 valence electrons. The molecule has 7 nitrogen and oxygen atoms in total. The highest BCUT2D eigenvalue weighted by molar-refractivity contribution is 7.89. The maximum atomic E-state index is 13.4. The molecular weight excluding hydrogens is 497 g/mol. The van der Waals surface area contributed by atoms with E-state index in [0.29, 0.717) is 50.3 Å². The molecule has 1 N–H and O–H groups in total. The third kappa shape index (κ3) is 5.41. The van der Waals surface area contributed by atoms with E-state index in [9.17, 15) is 18.3 Å². The molecule has 2 aliphatic rings. The molecule has 1 atom stereocenters. The van der Waals surface area contributed by atoms with E-state index in [0.717, 1.165) is 18.4 Å². The van der Waals surface area contributed by atoms with Crippen LogP contribution >= 0.6 is 23.2 Å². The van der Waals surface area contributed by atoms with Crippen LogP contribution in [-0.4, -0.2) is 59.3 Å². The Morgan fingerprint density at radius 1 is 1.15 bits per heavy atom. The van der Waals surface area contributed by atoms with Crippen LogP contribution < -0.4 is 0 Å². The second kappa shape index (κ2) is 10.5. The summed E-state index contributed by atoms with van der Waals surface area (Å²) in [4.78, 5) is 18.8. The molecule has 2 aromatic rings. The molecule has 0 radical (unpaired) electrons. The molecule has 1 unspecified atom stereocenters. The second-order valence-corrected chi connectivity index (χ2v) is 11.7. The van der Waals surface area contributed by atoms with Crippen LogP contribution in [0.4, 0.5) is 0 Å². The van der Waals surface area contributed by atoms with E-state index in [4.69, 9.17) is 23.2 Å². The largest absolute Gasteiger partial charge is 0.385 e. The summed E-state index contributed by atoms with van der Waals surface area (Å²) in [5, 5.41) is 11.5. The van der Waals surface area contributed by atoms with E-state index >= 15 is 0 Å². The highest BCUT2D eigenvalue weighted by Crippen LogP contribution is 2.34. The van der Waals surface area contributed by atoms with Gasteiger partial charge in [0.15, 0.2) is 0 Å². The molecule has 2 fully saturated rings. The van der Waals surface area contributed by atoms with Gasteiger partial charge >= 0.3 is 0 Å². The molecule has 0 bridgehead atoms. The molecule has 1 amide bonds. The minimum Gasteiger partial charge on any atom is -0.385 e. The van der Waals surface area contributed by atoms with Crippen molar-refractivity contribution in [3.8, 4) is 0 Å². The number of hydrogen-bond donors (Lipinski definition) is 1. The fraction of sp³-hybridized carbons (Fsp3) is 0.500. The monoisotopic (exact) mass is 525 g/mol. The Morgan fingerprint density at radius 3 is 2.59 bits per heavy atom. The van der Waals surface area contributed by atoms with Crippen molar-refractivity contribution in [2.24, 2.45) is 0 Å². The fourth-order valence-electron chi connectivity index (χ4n) is 4.89. The Labute approximate surface area is 210 Å². The first kappa shape index (κ1) is 25.4. The Balaban J connectivity index is 1.38. The smallest absolute Gasteiger partial charge is 0.244 e. The molecule has 3 heterocycles. The highest BCUT2D eigenvalue weighted by Gasteiger charge is 2.37. The highest BCUT2D eigenvalue weighted by atomic mass is 35.5. The molecule has 0 spiro atoms. The van der Waals surface area contributed by atoms with E-state index < -0.39 is 15.6 Å². The molecule has 10 heteroatoms. The van der Waals surface area contributed by atoms with Crippen molar-refractivity contribution in [3.05, 3.63) is 58.3 Å². The lowest BCUT2D eigenvalue weighted by Crippen LogP contribution is -2.46. The first-order valence-electron chi connectivity index (χ1n) is 11.6. The van der Waals surface area contributed by atoms with Crippen molar-refractivity contribution >= 4 is 39.1 Å². The van der Waals surface area contributed by atoms with Crippen LogP contribution in [0, 0.1) is 0 Å². The zero-order chi connectivity index (χ0) is 24.3. The van der Waals surface area contributed by atoms with Gasteiger partial charge in [-0.1, -0.05) is 35.7 Å². The van der Waals surface area contributed by atoms with Crippen LogP contribution in [0.1, 0.15) is 50.5 Å². The summed E-state index contributed by atoms with van der Waals surface area (Å²) in [6, 6.07) is 7.79. The molecule has 0 aliphatic carbocycles. The van der Waals surface area contributed by atoms with Crippen LogP contribution in [0.15, 0.2) is 47.6 Å². The van der Waals surface area contributed by atoms with E-state index in [1.165, 1.54) is 22.5 Å². The van der Waals surface area contributed by atoms with Crippen LogP contribution in [-0.2, 0) is 20.4 Å². The van der Waals surface area contributed by atoms with E-state index in [2.05, 4.69) is 4.98 Å². The normalized spacial score (nSPS) is 21.4. The number of sulfonamides is 1. The van der Waals surface area contributed by atoms with Crippen molar-refractivity contribution in [2.45, 2.75) is 61.5 Å². The third-order valence-electron chi connectivity index (χ3n) is 6.89. The maximum absolute atomic E-state index is 13.4. The van der Waals surface area contributed by atoms with Gasteiger partial charge in [-0.05, 0) is 56.4 Å². The summed E-state index contributed by atoms with van der Waals surface area (Å²) in [5.41, 5.74) is -0.206. The van der Waals surface area contributed by atoms with Gasteiger partial charge < -0.3 is 10.0 Å². The van der Waals surface area contributed by atoms with Gasteiger partial charge in [0, 0.05) is 55.1 Å². The molecule has 1 aromatic heterocycles. The molecular formula is C24H29Cl2N3O4S. The standard InChI is InChI=1S/C24H29Cl2N3O4S/c25-19-6-8-22(21(26)16-19)34(32,33)29-13-2-1-5-20(29)7-9-23(30)28-14-10-24(31,11-15-28)18-4-3-12-27-17-18/h3-4,6,8,12,16-17,20,31H,1-2,5,7,9-11,13-15H2. The van der Waals surface area contributed by atoms with Crippen LogP contribution in [0.25, 0.3) is 0 Å². The number of aliphatic hydroxyl groups is 1. The average molecular weight is 526 g/mol. The van der Waals surface area contributed by atoms with Crippen LogP contribution in [0.5, 0.6) is 0 Å². The minimum atomic E-state index is -3.80. The number of likely N-dealkylation sites (tertiary alicyclic amines) is 1. The first-order valence-corrected chi connectivity index (χ1v) is 13.8. The first-order chi connectivity index (χ1) is 16.2. The van der Waals surface area contributed by atoms with Crippen molar-refractivity contribution in [2.75, 3.05) is 19.6 Å². The zero-order valence-corrected chi connectivity index (χ0v) is 21.2. The summed E-state index contributed by atoms with van der Waals surface area (Å²) in [6.07, 6.45) is 7.34. The van der Waals surface area contributed by atoms with Gasteiger partial charge in [0.25, 0.3) is 0 Å². The van der Waals surface area contributed by atoms with E-state index in [1.807, 2.05) is 6.07 Å². The number of nitrogens with zero attached hydrogens (tertiary/aromatic N) is 3. The van der Waals surface area contributed by atoms with E-state index in [1.54, 1.807) is 23.4 Å². The number of halogens is 2. The van der Waals surface area contributed by atoms with Gasteiger partial charge in [-0.15, -0.1) is 0 Å². The fourth-order valence-corrected chi connectivity index (χ4v) is 7.36. The predicted molar refractivity (Wildman–Crippen MR) is 131 cm³/mol. The molecule has 2 saturated heterocycles. The average Bonchev–Trinajstić information content (AvgIpc) is 2.83. The predicted octanol–water partition coefficient (Wildman–Crippen LogP) is 4.22. The second-order valence-electron chi connectivity index (χ2n) is 9.03. The number of carbonyl (C=O) groups excluding carboxylic acids is 1. The van der Waals surface area contributed by atoms with E-state index in [-0.39, 0.29) is 28.3 Å². The number of carbonyl (C=O) groups is 1. The number of benzene rings is 1. The molecule has 2 aliphatic heterocycles. The van der Waals surface area contributed by atoms with Gasteiger partial charge in [-0.25, -0.2) is 8.42 Å². The Hall–Kier alpha value is -1.71. The van der Waals surface area contributed by atoms with Crippen molar-refractivity contribution < 1.29 is 18.3 Å². The number of hydrogen-bond acceptors (Lipinski definition) is 5. The lowest BCUT2D eigenvalue weighted by Gasteiger charge is -2.39. The van der Waals surface area contributed by atoms with Gasteiger partial charge in [0.2, 0.25) is 15.9 Å². The van der Waals surface area contributed by atoms with Crippen molar-refractivity contribution in [1.29, 1.82) is 0 Å². The summed E-state index contributed by atoms with van der Waals surface area (Å²) in [6.45, 7) is 1.32.